The quantitative estimate of drug-likeness (QED) is 0.297. The highest BCUT2D eigenvalue weighted by Crippen LogP contribution is 2.37. The van der Waals surface area contributed by atoms with Crippen molar-refractivity contribution in [2.75, 3.05) is 10.2 Å². The number of nitrogens with zero attached hydrogens (tertiary/aromatic N) is 5. The van der Waals surface area contributed by atoms with E-state index in [1.54, 1.807) is 29.3 Å². The van der Waals surface area contributed by atoms with Gasteiger partial charge in [-0.1, -0.05) is 36.4 Å². The van der Waals surface area contributed by atoms with Crippen LogP contribution in [0, 0.1) is 10.1 Å². The number of rotatable bonds is 8. The predicted octanol–water partition coefficient (Wildman–Crippen LogP) is 4.56. The molecule has 2 heterocycles. The van der Waals surface area contributed by atoms with Crippen LogP contribution in [-0.4, -0.2) is 31.0 Å². The molecular weight excluding hydrogens is 424 g/mol. The molecule has 0 unspecified atom stereocenters. The highest BCUT2D eigenvalue weighted by molar-refractivity contribution is 5.88. The van der Waals surface area contributed by atoms with Crippen molar-refractivity contribution in [3.05, 3.63) is 107 Å². The zero-order valence-corrected chi connectivity index (χ0v) is 17.2. The maximum Gasteiger partial charge on any atom is 0.354 e. The van der Waals surface area contributed by atoms with Crippen LogP contribution >= 0.6 is 0 Å². The van der Waals surface area contributed by atoms with Crippen LogP contribution in [0.1, 0.15) is 15.9 Å². The standard InChI is InChI=1S/C23H18N6O4/c30-23(31)17-9-11-18(12-10-17)27-21-20(29(32)33)22(26-15-25-21)28(19-8-4-5-13-24-19)14-16-6-2-1-3-7-16/h1-13,15H,14H2,(H,30,31)(H,25,26,27). The molecule has 0 aliphatic heterocycles. The number of nitro groups is 1. The number of benzene rings is 2. The van der Waals surface area contributed by atoms with Gasteiger partial charge < -0.3 is 15.3 Å². The fourth-order valence-electron chi connectivity index (χ4n) is 3.20. The Morgan fingerprint density at radius 1 is 0.970 bits per heavy atom. The van der Waals surface area contributed by atoms with Crippen molar-refractivity contribution in [3.63, 3.8) is 0 Å². The summed E-state index contributed by atoms with van der Waals surface area (Å²) in [7, 11) is 0. The van der Waals surface area contributed by atoms with Gasteiger partial charge in [0.2, 0.25) is 11.6 Å². The Kier molecular flexibility index (Phi) is 6.17. The van der Waals surface area contributed by atoms with E-state index in [0.717, 1.165) is 5.56 Å². The van der Waals surface area contributed by atoms with E-state index >= 15 is 0 Å². The van der Waals surface area contributed by atoms with E-state index in [0.29, 0.717) is 18.1 Å². The van der Waals surface area contributed by atoms with Crippen LogP contribution in [0.15, 0.2) is 85.3 Å². The number of pyridine rings is 1. The largest absolute Gasteiger partial charge is 0.478 e. The summed E-state index contributed by atoms with van der Waals surface area (Å²) < 4.78 is 0. The maximum atomic E-state index is 12.1. The van der Waals surface area contributed by atoms with Crippen LogP contribution in [0.25, 0.3) is 0 Å². The maximum absolute atomic E-state index is 12.1. The summed E-state index contributed by atoms with van der Waals surface area (Å²) in [5, 5.41) is 24.1. The molecule has 10 nitrogen and oxygen atoms in total. The van der Waals surface area contributed by atoms with Gasteiger partial charge in [0.15, 0.2) is 0 Å². The zero-order chi connectivity index (χ0) is 23.2. The molecule has 0 aliphatic rings. The first-order valence-electron chi connectivity index (χ1n) is 9.85. The minimum absolute atomic E-state index is 0.0259. The predicted molar refractivity (Wildman–Crippen MR) is 122 cm³/mol. The second-order valence-electron chi connectivity index (χ2n) is 6.92. The first-order chi connectivity index (χ1) is 16.0. The number of carboxylic acids is 1. The average molecular weight is 442 g/mol. The fraction of sp³-hybridized carbons (Fsp3) is 0.0435. The summed E-state index contributed by atoms with van der Waals surface area (Å²) >= 11 is 0. The molecule has 2 aromatic carbocycles. The number of anilines is 4. The first-order valence-corrected chi connectivity index (χ1v) is 9.85. The number of hydrogen-bond acceptors (Lipinski definition) is 8. The highest BCUT2D eigenvalue weighted by atomic mass is 16.6. The molecular formula is C23H18N6O4. The third-order valence-corrected chi connectivity index (χ3v) is 4.75. The van der Waals surface area contributed by atoms with E-state index in [4.69, 9.17) is 5.11 Å². The Labute approximate surface area is 188 Å². The average Bonchev–Trinajstić information content (AvgIpc) is 2.84. The molecule has 0 saturated heterocycles. The van der Waals surface area contributed by atoms with Gasteiger partial charge in [-0.3, -0.25) is 10.1 Å². The van der Waals surface area contributed by atoms with Crippen LogP contribution in [-0.2, 0) is 6.54 Å². The van der Waals surface area contributed by atoms with Crippen molar-refractivity contribution in [2.45, 2.75) is 6.54 Å². The van der Waals surface area contributed by atoms with Crippen LogP contribution in [0.5, 0.6) is 0 Å². The molecule has 0 radical (unpaired) electrons. The fourth-order valence-corrected chi connectivity index (χ4v) is 3.20. The summed E-state index contributed by atoms with van der Waals surface area (Å²) in [5.74, 6) is -0.534. The SMILES string of the molecule is O=C(O)c1ccc(Nc2ncnc(N(Cc3ccccc3)c3ccccn3)c2[N+](=O)[O-])cc1. The molecule has 10 heteroatoms. The molecule has 0 spiro atoms. The Balaban J connectivity index is 1.77. The van der Waals surface area contributed by atoms with Gasteiger partial charge >= 0.3 is 11.7 Å². The van der Waals surface area contributed by atoms with Crippen molar-refractivity contribution in [1.82, 2.24) is 15.0 Å². The Morgan fingerprint density at radius 3 is 2.33 bits per heavy atom. The number of nitrogens with one attached hydrogen (secondary N) is 1. The normalized spacial score (nSPS) is 10.4. The minimum atomic E-state index is -1.07. The van der Waals surface area contributed by atoms with Crippen LogP contribution in [0.3, 0.4) is 0 Å². The van der Waals surface area contributed by atoms with E-state index in [1.165, 1.54) is 30.6 Å². The van der Waals surface area contributed by atoms with Crippen molar-refractivity contribution >= 4 is 34.8 Å². The molecule has 33 heavy (non-hydrogen) atoms. The van der Waals surface area contributed by atoms with E-state index in [-0.39, 0.29) is 22.9 Å². The van der Waals surface area contributed by atoms with Gasteiger partial charge in [0.05, 0.1) is 17.0 Å². The van der Waals surface area contributed by atoms with E-state index in [9.17, 15) is 14.9 Å². The second-order valence-corrected chi connectivity index (χ2v) is 6.92. The van der Waals surface area contributed by atoms with Gasteiger partial charge in [0.25, 0.3) is 0 Å². The number of carboxylic acid groups (broad SMARTS) is 1. The third kappa shape index (κ3) is 4.90. The minimum Gasteiger partial charge on any atom is -0.478 e. The van der Waals surface area contributed by atoms with Gasteiger partial charge in [-0.05, 0) is 42.0 Å². The third-order valence-electron chi connectivity index (χ3n) is 4.75. The molecule has 4 aromatic rings. The number of aromatic nitrogens is 3. The summed E-state index contributed by atoms with van der Waals surface area (Å²) in [5.41, 5.74) is 1.12. The van der Waals surface area contributed by atoms with E-state index in [1.807, 2.05) is 30.3 Å². The smallest absolute Gasteiger partial charge is 0.354 e. The van der Waals surface area contributed by atoms with Crippen LogP contribution in [0.4, 0.5) is 28.8 Å². The molecule has 4 rings (SSSR count). The lowest BCUT2D eigenvalue weighted by molar-refractivity contribution is -0.383. The van der Waals surface area contributed by atoms with Crippen LogP contribution < -0.4 is 10.2 Å². The summed E-state index contributed by atoms with van der Waals surface area (Å²) in [6.45, 7) is 0.294. The number of carbonyl (C=O) groups is 1. The Morgan fingerprint density at radius 2 is 1.70 bits per heavy atom. The molecule has 0 amide bonds. The lowest BCUT2D eigenvalue weighted by Crippen LogP contribution is -2.21. The van der Waals surface area contributed by atoms with Crippen molar-refractivity contribution in [2.24, 2.45) is 0 Å². The van der Waals surface area contributed by atoms with Gasteiger partial charge in [0.1, 0.15) is 12.1 Å². The molecule has 2 aromatic heterocycles. The number of aromatic carboxylic acids is 1. The van der Waals surface area contributed by atoms with Crippen molar-refractivity contribution < 1.29 is 14.8 Å². The number of hydrogen-bond donors (Lipinski definition) is 2. The highest BCUT2D eigenvalue weighted by Gasteiger charge is 2.29. The van der Waals surface area contributed by atoms with E-state index in [2.05, 4.69) is 20.3 Å². The van der Waals surface area contributed by atoms with Crippen molar-refractivity contribution in [1.29, 1.82) is 0 Å². The van der Waals surface area contributed by atoms with Crippen molar-refractivity contribution in [3.8, 4) is 0 Å². The monoisotopic (exact) mass is 442 g/mol. The lowest BCUT2D eigenvalue weighted by Gasteiger charge is -2.23. The lowest BCUT2D eigenvalue weighted by atomic mass is 10.2. The molecule has 0 fully saturated rings. The Hall–Kier alpha value is -4.86. The van der Waals surface area contributed by atoms with Gasteiger partial charge in [-0.25, -0.2) is 19.7 Å². The molecule has 0 bridgehead atoms. The molecule has 0 aliphatic carbocycles. The zero-order valence-electron chi connectivity index (χ0n) is 17.2. The van der Waals surface area contributed by atoms with Gasteiger partial charge in [-0.2, -0.15) is 0 Å². The first kappa shape index (κ1) is 21.4. The second kappa shape index (κ2) is 9.52. The topological polar surface area (TPSA) is 134 Å². The molecule has 0 saturated carbocycles. The molecule has 2 N–H and O–H groups in total. The van der Waals surface area contributed by atoms with Gasteiger partial charge in [0, 0.05) is 11.9 Å². The van der Waals surface area contributed by atoms with Crippen LogP contribution in [0.2, 0.25) is 0 Å². The Bertz CT molecular complexity index is 1270. The molecule has 0 atom stereocenters. The molecule has 164 valence electrons. The summed E-state index contributed by atoms with van der Waals surface area (Å²) in [6, 6.07) is 20.6. The van der Waals surface area contributed by atoms with E-state index < -0.39 is 10.9 Å². The summed E-state index contributed by atoms with van der Waals surface area (Å²) in [4.78, 5) is 37.0. The summed E-state index contributed by atoms with van der Waals surface area (Å²) in [6.07, 6.45) is 2.83. The van der Waals surface area contributed by atoms with Gasteiger partial charge in [-0.15, -0.1) is 0 Å².